The lowest BCUT2D eigenvalue weighted by Crippen LogP contribution is -2.64. The van der Waals surface area contributed by atoms with Crippen LogP contribution in [0.25, 0.3) is 0 Å². The van der Waals surface area contributed by atoms with E-state index in [1.165, 1.54) is 25.7 Å². The monoisotopic (exact) mass is 366 g/mol. The van der Waals surface area contributed by atoms with Crippen molar-refractivity contribution >= 4 is 0 Å². The summed E-state index contributed by atoms with van der Waals surface area (Å²) in [5, 5.41) is 0. The first kappa shape index (κ1) is 26.0. The molecule has 158 valence electrons. The highest BCUT2D eigenvalue weighted by atomic mass is 14.7. The van der Waals surface area contributed by atoms with Gasteiger partial charge in [0.1, 0.15) is 0 Å². The first-order valence-electron chi connectivity index (χ1n) is 11.3. The highest BCUT2D eigenvalue weighted by molar-refractivity contribution is 5.14. The van der Waals surface area contributed by atoms with Gasteiger partial charge in [0.2, 0.25) is 0 Å². The SMILES string of the molecule is CCC(C)(CC(C)C)C(C)(C)C(CC)(CC)C(C)(C(C)(C)C)C(C)(C)C. The molecular weight excluding hydrogens is 312 g/mol. The molecule has 0 aromatic rings. The van der Waals surface area contributed by atoms with Gasteiger partial charge in [0.25, 0.3) is 0 Å². The van der Waals surface area contributed by atoms with Gasteiger partial charge in [-0.25, -0.2) is 0 Å². The molecule has 0 aromatic carbocycles. The minimum Gasteiger partial charge on any atom is -0.0648 e. The molecule has 1 atom stereocenters. The lowest BCUT2D eigenvalue weighted by atomic mass is 9.34. The Bertz CT molecular complexity index is 420. The molecule has 0 rings (SSSR count). The van der Waals surface area contributed by atoms with Gasteiger partial charge >= 0.3 is 0 Å². The van der Waals surface area contributed by atoms with Gasteiger partial charge in [-0.1, -0.05) is 110 Å². The maximum atomic E-state index is 2.62. The third-order valence-electron chi connectivity index (χ3n) is 9.51. The molecule has 0 radical (unpaired) electrons. The van der Waals surface area contributed by atoms with Crippen LogP contribution in [0, 0.1) is 38.4 Å². The van der Waals surface area contributed by atoms with Crippen molar-refractivity contribution in [3.63, 3.8) is 0 Å². The summed E-state index contributed by atoms with van der Waals surface area (Å²) in [4.78, 5) is 0. The number of hydrogen-bond acceptors (Lipinski definition) is 0. The first-order chi connectivity index (χ1) is 11.3. The molecule has 0 aromatic heterocycles. The average Bonchev–Trinajstić information content (AvgIpc) is 2.45. The van der Waals surface area contributed by atoms with E-state index in [0.29, 0.717) is 5.41 Å². The zero-order valence-electron chi connectivity index (χ0n) is 21.4. The summed E-state index contributed by atoms with van der Waals surface area (Å²) in [6.07, 6.45) is 5.05. The van der Waals surface area contributed by atoms with Crippen molar-refractivity contribution in [1.82, 2.24) is 0 Å². The van der Waals surface area contributed by atoms with Gasteiger partial charge in [-0.15, -0.1) is 0 Å². The van der Waals surface area contributed by atoms with Crippen molar-refractivity contribution in [2.75, 3.05) is 0 Å². The van der Waals surface area contributed by atoms with Gasteiger partial charge < -0.3 is 0 Å². The predicted molar refractivity (Wildman–Crippen MR) is 122 cm³/mol. The van der Waals surface area contributed by atoms with E-state index in [2.05, 4.69) is 104 Å². The van der Waals surface area contributed by atoms with Crippen LogP contribution < -0.4 is 0 Å². The molecule has 0 saturated heterocycles. The number of rotatable bonds is 8. The minimum atomic E-state index is 0.216. The zero-order valence-corrected chi connectivity index (χ0v) is 21.4. The predicted octanol–water partition coefficient (Wildman–Crippen LogP) is 9.38. The Kier molecular flexibility index (Phi) is 7.79. The first-order valence-corrected chi connectivity index (χ1v) is 11.3. The molecule has 0 saturated carbocycles. The van der Waals surface area contributed by atoms with Crippen molar-refractivity contribution in [3.8, 4) is 0 Å². The van der Waals surface area contributed by atoms with Gasteiger partial charge in [-0.3, -0.25) is 0 Å². The smallest absolute Gasteiger partial charge is 0.0167 e. The van der Waals surface area contributed by atoms with Gasteiger partial charge in [-0.2, -0.15) is 0 Å². The largest absolute Gasteiger partial charge is 0.0648 e. The Hall–Kier alpha value is 0. The van der Waals surface area contributed by atoms with Gasteiger partial charge in [-0.05, 0) is 57.7 Å². The molecule has 0 nitrogen and oxygen atoms in total. The van der Waals surface area contributed by atoms with Crippen molar-refractivity contribution < 1.29 is 0 Å². The Morgan fingerprint density at radius 1 is 0.577 bits per heavy atom. The Labute approximate surface area is 168 Å². The quantitative estimate of drug-likeness (QED) is 0.401. The second-order valence-electron chi connectivity index (χ2n) is 12.6. The molecule has 0 N–H and O–H groups in total. The molecular formula is C26H54. The molecule has 26 heavy (non-hydrogen) atoms. The van der Waals surface area contributed by atoms with E-state index in [9.17, 15) is 0 Å². The van der Waals surface area contributed by atoms with E-state index >= 15 is 0 Å². The van der Waals surface area contributed by atoms with Crippen LogP contribution >= 0.6 is 0 Å². The van der Waals surface area contributed by atoms with Crippen molar-refractivity contribution in [2.24, 2.45) is 38.4 Å². The summed E-state index contributed by atoms with van der Waals surface area (Å²) >= 11 is 0. The van der Waals surface area contributed by atoms with Gasteiger partial charge in [0, 0.05) is 0 Å². The summed E-state index contributed by atoms with van der Waals surface area (Å²) < 4.78 is 0. The highest BCUT2D eigenvalue weighted by Crippen LogP contribution is 2.73. The molecule has 0 heteroatoms. The molecule has 1 unspecified atom stereocenters. The second kappa shape index (κ2) is 7.79. The summed E-state index contributed by atoms with van der Waals surface area (Å²) in [6.45, 7) is 37.5. The van der Waals surface area contributed by atoms with Crippen LogP contribution in [0.5, 0.6) is 0 Å². The second-order valence-corrected chi connectivity index (χ2v) is 12.6. The van der Waals surface area contributed by atoms with Crippen LogP contribution in [0.4, 0.5) is 0 Å². The summed E-state index contributed by atoms with van der Waals surface area (Å²) in [5.74, 6) is 0.737. The van der Waals surface area contributed by atoms with E-state index in [1.54, 1.807) is 0 Å². The molecule has 0 aliphatic carbocycles. The molecule has 0 spiro atoms. The van der Waals surface area contributed by atoms with E-state index in [0.717, 1.165) is 5.92 Å². The fraction of sp³-hybridized carbons (Fsp3) is 1.00. The zero-order chi connectivity index (χ0) is 21.4. The van der Waals surface area contributed by atoms with Crippen LogP contribution in [-0.2, 0) is 0 Å². The summed E-state index contributed by atoms with van der Waals surface area (Å²) in [7, 11) is 0. The van der Waals surface area contributed by atoms with Gasteiger partial charge in [0.05, 0.1) is 0 Å². The third-order valence-corrected chi connectivity index (χ3v) is 9.51. The van der Waals surface area contributed by atoms with E-state index in [1.807, 2.05) is 0 Å². The summed E-state index contributed by atoms with van der Waals surface area (Å²) in [6, 6.07) is 0. The Morgan fingerprint density at radius 2 is 0.923 bits per heavy atom. The molecule has 0 aliphatic rings. The van der Waals surface area contributed by atoms with E-state index in [-0.39, 0.29) is 27.1 Å². The molecule has 0 amide bonds. The van der Waals surface area contributed by atoms with Gasteiger partial charge in [0.15, 0.2) is 0 Å². The van der Waals surface area contributed by atoms with E-state index in [4.69, 9.17) is 0 Å². The highest BCUT2D eigenvalue weighted by Gasteiger charge is 2.66. The number of hydrogen-bond donors (Lipinski definition) is 0. The Morgan fingerprint density at radius 3 is 1.12 bits per heavy atom. The standard InChI is InChI=1S/C26H54/c1-16-24(14,19-20(4)5)23(12,13)26(17-2,18-3)25(15,21(6,7)8)22(9,10)11/h20H,16-19H2,1-15H3. The topological polar surface area (TPSA) is 0 Å². The fourth-order valence-electron chi connectivity index (χ4n) is 7.35. The summed E-state index contributed by atoms with van der Waals surface area (Å²) in [5.41, 5.74) is 1.55. The Balaban J connectivity index is 7.00. The lowest BCUT2D eigenvalue weighted by Gasteiger charge is -2.71. The van der Waals surface area contributed by atoms with Crippen molar-refractivity contribution in [2.45, 2.75) is 130 Å². The fourth-order valence-corrected chi connectivity index (χ4v) is 7.35. The van der Waals surface area contributed by atoms with Crippen LogP contribution in [-0.4, -0.2) is 0 Å². The normalized spacial score (nSPS) is 17.5. The van der Waals surface area contributed by atoms with Crippen LogP contribution in [0.2, 0.25) is 0 Å². The van der Waals surface area contributed by atoms with Crippen molar-refractivity contribution in [3.05, 3.63) is 0 Å². The van der Waals surface area contributed by atoms with Crippen molar-refractivity contribution in [1.29, 1.82) is 0 Å². The molecule has 0 heterocycles. The van der Waals surface area contributed by atoms with E-state index < -0.39 is 0 Å². The maximum absolute atomic E-state index is 2.62. The molecule has 0 bridgehead atoms. The minimum absolute atomic E-state index is 0.216. The maximum Gasteiger partial charge on any atom is -0.0167 e. The molecule has 0 aliphatic heterocycles. The van der Waals surface area contributed by atoms with Crippen LogP contribution in [0.1, 0.15) is 130 Å². The third kappa shape index (κ3) is 3.65. The molecule has 0 fully saturated rings. The van der Waals surface area contributed by atoms with Crippen LogP contribution in [0.3, 0.4) is 0 Å². The van der Waals surface area contributed by atoms with Crippen LogP contribution in [0.15, 0.2) is 0 Å². The lowest BCUT2D eigenvalue weighted by molar-refractivity contribution is -0.224. The average molecular weight is 367 g/mol.